The summed E-state index contributed by atoms with van der Waals surface area (Å²) in [6.07, 6.45) is 2.23. The number of benzene rings is 3. The Morgan fingerprint density at radius 1 is 1.00 bits per heavy atom. The van der Waals surface area contributed by atoms with Crippen molar-refractivity contribution in [3.05, 3.63) is 118 Å². The first kappa shape index (κ1) is 27.7. The fraction of sp³-hybridized carbons (Fsp3) is 0.167. The fourth-order valence-corrected chi connectivity index (χ4v) is 4.93. The fourth-order valence-electron chi connectivity index (χ4n) is 4.22. The summed E-state index contributed by atoms with van der Waals surface area (Å²) in [6.45, 7) is 1.80. The number of methoxy groups -OCH3 is 1. The van der Waals surface area contributed by atoms with Crippen molar-refractivity contribution in [1.82, 2.24) is 24.2 Å². The van der Waals surface area contributed by atoms with Gasteiger partial charge in [0.2, 0.25) is 11.1 Å². The minimum absolute atomic E-state index is 0.0145. The molecule has 0 fully saturated rings. The monoisotopic (exact) mass is 567 g/mol. The number of carbonyl (C=O) groups is 1. The van der Waals surface area contributed by atoms with Crippen molar-refractivity contribution in [3.8, 4) is 11.4 Å². The number of aromatic nitrogens is 5. The van der Waals surface area contributed by atoms with E-state index in [4.69, 9.17) is 4.74 Å². The lowest BCUT2D eigenvalue weighted by atomic mass is 10.1. The molecular formula is C30H29N7O3S. The second-order valence-electron chi connectivity index (χ2n) is 9.16. The van der Waals surface area contributed by atoms with Crippen LogP contribution in [0.2, 0.25) is 0 Å². The van der Waals surface area contributed by atoms with Crippen molar-refractivity contribution in [1.29, 1.82) is 0 Å². The van der Waals surface area contributed by atoms with Gasteiger partial charge in [0.25, 0.3) is 5.56 Å². The maximum Gasteiger partial charge on any atom is 0.295 e. The molecule has 5 aromatic rings. The summed E-state index contributed by atoms with van der Waals surface area (Å²) in [6, 6.07) is 26.7. The predicted octanol–water partition coefficient (Wildman–Crippen LogP) is 4.29. The number of carbonyl (C=O) groups excluding carboxylic acids is 1. The molecule has 3 aromatic carbocycles. The van der Waals surface area contributed by atoms with Gasteiger partial charge in [-0.05, 0) is 54.4 Å². The Morgan fingerprint density at radius 2 is 1.68 bits per heavy atom. The van der Waals surface area contributed by atoms with E-state index in [2.05, 4.69) is 20.6 Å². The van der Waals surface area contributed by atoms with Gasteiger partial charge in [0, 0.05) is 13.5 Å². The Kier molecular flexibility index (Phi) is 8.44. The van der Waals surface area contributed by atoms with E-state index < -0.39 is 0 Å². The van der Waals surface area contributed by atoms with Gasteiger partial charge in [-0.2, -0.15) is 9.78 Å². The lowest BCUT2D eigenvalue weighted by molar-refractivity contribution is -0.113. The van der Waals surface area contributed by atoms with E-state index >= 15 is 0 Å². The number of amides is 1. The highest BCUT2D eigenvalue weighted by atomic mass is 32.2. The zero-order valence-electron chi connectivity index (χ0n) is 22.9. The van der Waals surface area contributed by atoms with E-state index in [0.29, 0.717) is 28.8 Å². The van der Waals surface area contributed by atoms with Crippen LogP contribution in [0.5, 0.6) is 5.75 Å². The zero-order chi connectivity index (χ0) is 28.8. The Bertz CT molecular complexity index is 1720. The second-order valence-corrected chi connectivity index (χ2v) is 10.1. The summed E-state index contributed by atoms with van der Waals surface area (Å²) in [4.78, 5) is 26.2. The Balaban J connectivity index is 1.35. The topological polar surface area (TPSA) is 108 Å². The first-order valence-electron chi connectivity index (χ1n) is 12.9. The largest absolute Gasteiger partial charge is 0.497 e. The summed E-state index contributed by atoms with van der Waals surface area (Å²) in [5, 5.41) is 16.6. The molecule has 10 nitrogen and oxygen atoms in total. The third-order valence-electron chi connectivity index (χ3n) is 6.47. The summed E-state index contributed by atoms with van der Waals surface area (Å²) in [5.74, 6) is 1.07. The van der Waals surface area contributed by atoms with E-state index in [-0.39, 0.29) is 22.9 Å². The van der Waals surface area contributed by atoms with Gasteiger partial charge >= 0.3 is 0 Å². The zero-order valence-corrected chi connectivity index (χ0v) is 23.7. The lowest BCUT2D eigenvalue weighted by Gasteiger charge is -2.07. The standard InChI is InChI=1S/C30H29N7O3S/c1-21-28(29(39)37(35(21)2)24-12-8-5-9-13-24)32-27(38)20-41-30-34-33-26(18-22-10-6-4-7-11-22)36(30)31-19-23-14-16-25(40-3)17-15-23/h4-17,19H,18,20H2,1-3H3,(H,32,38)/b31-19+. The van der Waals surface area contributed by atoms with Gasteiger partial charge in [-0.1, -0.05) is 60.3 Å². The quantitative estimate of drug-likeness (QED) is 0.199. The van der Waals surface area contributed by atoms with Crippen LogP contribution >= 0.6 is 11.8 Å². The van der Waals surface area contributed by atoms with E-state index in [9.17, 15) is 9.59 Å². The molecule has 0 aliphatic heterocycles. The van der Waals surface area contributed by atoms with Crippen LogP contribution in [-0.2, 0) is 18.3 Å². The van der Waals surface area contributed by atoms with Crippen LogP contribution < -0.4 is 15.6 Å². The van der Waals surface area contributed by atoms with Crippen molar-refractivity contribution in [3.63, 3.8) is 0 Å². The van der Waals surface area contributed by atoms with Crippen LogP contribution in [-0.4, -0.2) is 49.2 Å². The number of ether oxygens (including phenoxy) is 1. The molecule has 0 aliphatic rings. The van der Waals surface area contributed by atoms with Crippen molar-refractivity contribution < 1.29 is 9.53 Å². The van der Waals surface area contributed by atoms with Crippen LogP contribution in [0.15, 0.2) is 100.0 Å². The maximum absolute atomic E-state index is 13.2. The Hall–Kier alpha value is -4.90. The molecule has 208 valence electrons. The Labute approximate surface area is 241 Å². The van der Waals surface area contributed by atoms with Gasteiger partial charge in [-0.15, -0.1) is 10.2 Å². The summed E-state index contributed by atoms with van der Waals surface area (Å²) in [7, 11) is 3.40. The molecule has 0 atom stereocenters. The normalized spacial score (nSPS) is 11.2. The molecule has 0 radical (unpaired) electrons. The SMILES string of the molecule is COc1ccc(/C=N/n2c(Cc3ccccc3)nnc2SCC(=O)Nc2c(C)n(C)n(-c3ccccc3)c2=O)cc1. The number of nitrogens with zero attached hydrogens (tertiary/aromatic N) is 6. The number of rotatable bonds is 10. The predicted molar refractivity (Wildman–Crippen MR) is 160 cm³/mol. The van der Waals surface area contributed by atoms with Crippen LogP contribution in [0.25, 0.3) is 5.69 Å². The van der Waals surface area contributed by atoms with Gasteiger partial charge in [0.1, 0.15) is 11.4 Å². The van der Waals surface area contributed by atoms with Crippen LogP contribution in [0.3, 0.4) is 0 Å². The van der Waals surface area contributed by atoms with Gasteiger partial charge in [-0.25, -0.2) is 4.68 Å². The van der Waals surface area contributed by atoms with Gasteiger partial charge in [0.15, 0.2) is 5.82 Å². The van der Waals surface area contributed by atoms with Crippen molar-refractivity contribution in [2.45, 2.75) is 18.5 Å². The summed E-state index contributed by atoms with van der Waals surface area (Å²) >= 11 is 1.19. The number of nitrogens with one attached hydrogen (secondary N) is 1. The molecular weight excluding hydrogens is 538 g/mol. The van der Waals surface area contributed by atoms with Crippen molar-refractivity contribution in [2.24, 2.45) is 12.1 Å². The van der Waals surface area contributed by atoms with E-state index in [1.807, 2.05) is 84.9 Å². The number of anilines is 1. The third kappa shape index (κ3) is 6.30. The molecule has 0 aliphatic carbocycles. The first-order valence-corrected chi connectivity index (χ1v) is 13.9. The minimum atomic E-state index is -0.334. The van der Waals surface area contributed by atoms with Crippen LogP contribution in [0.4, 0.5) is 5.69 Å². The summed E-state index contributed by atoms with van der Waals surface area (Å²) in [5.41, 5.74) is 3.23. The van der Waals surface area contributed by atoms with Gasteiger partial charge in [-0.3, -0.25) is 14.3 Å². The number of hydrogen-bond donors (Lipinski definition) is 1. The molecule has 2 aromatic heterocycles. The molecule has 1 amide bonds. The van der Waals surface area contributed by atoms with Crippen molar-refractivity contribution in [2.75, 3.05) is 18.2 Å². The van der Waals surface area contributed by atoms with Gasteiger partial charge in [0.05, 0.1) is 30.5 Å². The molecule has 0 bridgehead atoms. The molecule has 2 heterocycles. The van der Waals surface area contributed by atoms with E-state index in [0.717, 1.165) is 16.9 Å². The van der Waals surface area contributed by atoms with E-state index in [1.54, 1.807) is 36.7 Å². The number of para-hydroxylation sites is 1. The minimum Gasteiger partial charge on any atom is -0.497 e. The number of thioether (sulfide) groups is 1. The maximum atomic E-state index is 13.2. The molecule has 0 spiro atoms. The Morgan fingerprint density at radius 3 is 2.37 bits per heavy atom. The lowest BCUT2D eigenvalue weighted by Crippen LogP contribution is -2.23. The molecule has 1 N–H and O–H groups in total. The molecule has 5 rings (SSSR count). The summed E-state index contributed by atoms with van der Waals surface area (Å²) < 4.78 is 10.1. The highest BCUT2D eigenvalue weighted by Gasteiger charge is 2.19. The van der Waals surface area contributed by atoms with E-state index in [1.165, 1.54) is 16.4 Å². The average Bonchev–Trinajstić information content (AvgIpc) is 3.48. The highest BCUT2D eigenvalue weighted by molar-refractivity contribution is 7.99. The smallest absolute Gasteiger partial charge is 0.295 e. The van der Waals surface area contributed by atoms with Crippen molar-refractivity contribution >= 4 is 29.6 Å². The molecule has 41 heavy (non-hydrogen) atoms. The number of hydrogen-bond acceptors (Lipinski definition) is 7. The average molecular weight is 568 g/mol. The highest BCUT2D eigenvalue weighted by Crippen LogP contribution is 2.21. The van der Waals surface area contributed by atoms with Crippen LogP contribution in [0.1, 0.15) is 22.6 Å². The first-order chi connectivity index (χ1) is 19.9. The second kappa shape index (κ2) is 12.5. The molecule has 0 saturated heterocycles. The van der Waals surface area contributed by atoms with Crippen LogP contribution in [0, 0.1) is 6.92 Å². The molecule has 0 saturated carbocycles. The third-order valence-corrected chi connectivity index (χ3v) is 7.39. The van der Waals surface area contributed by atoms with Gasteiger partial charge < -0.3 is 10.1 Å². The molecule has 0 unspecified atom stereocenters. The molecule has 11 heteroatoms.